The monoisotopic (exact) mass is 292 g/mol. The maximum Gasteiger partial charge on any atom is 0.134 e. The number of aliphatic hydroxyl groups is 1. The van der Waals surface area contributed by atoms with E-state index in [1.807, 2.05) is 0 Å². The first kappa shape index (κ1) is 16.0. The number of nitrogens with one attached hydrogen (secondary N) is 2. The first-order valence-electron chi connectivity index (χ1n) is 8.10. The van der Waals surface area contributed by atoms with E-state index in [1.165, 1.54) is 12.8 Å². The van der Waals surface area contributed by atoms with Crippen molar-refractivity contribution in [3.8, 4) is 0 Å². The Balaban J connectivity index is 2.10. The van der Waals surface area contributed by atoms with Crippen molar-refractivity contribution < 1.29 is 5.11 Å². The van der Waals surface area contributed by atoms with Gasteiger partial charge in [-0.3, -0.25) is 0 Å². The first-order valence-corrected chi connectivity index (χ1v) is 8.10. The van der Waals surface area contributed by atoms with Gasteiger partial charge in [-0.2, -0.15) is 0 Å². The summed E-state index contributed by atoms with van der Waals surface area (Å²) in [7, 11) is 0. The molecule has 3 N–H and O–H groups in total. The second-order valence-electron chi connectivity index (χ2n) is 6.18. The van der Waals surface area contributed by atoms with Gasteiger partial charge in [0.15, 0.2) is 0 Å². The molecule has 1 saturated carbocycles. The van der Waals surface area contributed by atoms with E-state index in [-0.39, 0.29) is 0 Å². The van der Waals surface area contributed by atoms with Crippen LogP contribution in [-0.4, -0.2) is 34.8 Å². The van der Waals surface area contributed by atoms with Gasteiger partial charge in [0.05, 0.1) is 0 Å². The average Bonchev–Trinajstić information content (AvgIpc) is 2.92. The van der Waals surface area contributed by atoms with Crippen molar-refractivity contribution in [1.82, 2.24) is 9.97 Å². The molecule has 2 unspecified atom stereocenters. The molecule has 0 aliphatic heterocycles. The van der Waals surface area contributed by atoms with Gasteiger partial charge in [-0.15, -0.1) is 0 Å². The van der Waals surface area contributed by atoms with Gasteiger partial charge in [0.1, 0.15) is 18.0 Å². The lowest BCUT2D eigenvalue weighted by molar-refractivity contribution is 0.199. The topological polar surface area (TPSA) is 70.1 Å². The molecule has 0 spiro atoms. The van der Waals surface area contributed by atoms with E-state index >= 15 is 0 Å². The Labute approximate surface area is 127 Å². The summed E-state index contributed by atoms with van der Waals surface area (Å²) in [5.41, 5.74) is 1.15. The zero-order valence-corrected chi connectivity index (χ0v) is 13.4. The van der Waals surface area contributed by atoms with Gasteiger partial charge in [-0.25, -0.2) is 9.97 Å². The molecule has 5 heteroatoms. The Morgan fingerprint density at radius 1 is 1.19 bits per heavy atom. The second kappa shape index (κ2) is 7.59. The number of aromatic nitrogens is 2. The Bertz CT molecular complexity index is 450. The van der Waals surface area contributed by atoms with E-state index in [9.17, 15) is 5.11 Å². The number of anilines is 2. The van der Waals surface area contributed by atoms with Crippen LogP contribution in [0, 0.1) is 11.8 Å². The quantitative estimate of drug-likeness (QED) is 0.721. The molecule has 1 heterocycles. The third-order valence-electron chi connectivity index (χ3n) is 4.39. The van der Waals surface area contributed by atoms with Crippen molar-refractivity contribution in [3.63, 3.8) is 0 Å². The number of aliphatic hydroxyl groups excluding tert-OH is 1. The van der Waals surface area contributed by atoms with Crippen LogP contribution in [0.4, 0.5) is 11.6 Å². The molecule has 0 amide bonds. The molecule has 1 aliphatic rings. The molecule has 0 aromatic carbocycles. The Morgan fingerprint density at radius 2 is 1.86 bits per heavy atom. The minimum absolute atomic E-state index is 0.301. The largest absolute Gasteiger partial charge is 0.396 e. The van der Waals surface area contributed by atoms with Gasteiger partial charge in [-0.05, 0) is 37.5 Å². The third-order valence-corrected chi connectivity index (χ3v) is 4.39. The van der Waals surface area contributed by atoms with Crippen LogP contribution < -0.4 is 10.6 Å². The molecule has 1 aromatic rings. The molecule has 0 bridgehead atoms. The standard InChI is InChI=1S/C16H28N4O/c1-4-17-15-14(11(2)3)16(20-10-19-15)18-8-12-6-5-7-13(12)9-21/h10-13,21H,4-9H2,1-3H3,(H2,17,18,19,20). The molecule has 118 valence electrons. The van der Waals surface area contributed by atoms with E-state index in [0.717, 1.165) is 36.7 Å². The smallest absolute Gasteiger partial charge is 0.134 e. The van der Waals surface area contributed by atoms with E-state index < -0.39 is 0 Å². The number of nitrogens with zero attached hydrogens (tertiary/aromatic N) is 2. The first-order chi connectivity index (χ1) is 10.2. The summed E-state index contributed by atoms with van der Waals surface area (Å²) in [5, 5.41) is 16.2. The summed E-state index contributed by atoms with van der Waals surface area (Å²) < 4.78 is 0. The number of hydrogen-bond donors (Lipinski definition) is 3. The highest BCUT2D eigenvalue weighted by Crippen LogP contribution is 2.33. The predicted molar refractivity (Wildman–Crippen MR) is 86.7 cm³/mol. The Morgan fingerprint density at radius 3 is 2.48 bits per heavy atom. The minimum Gasteiger partial charge on any atom is -0.396 e. The average molecular weight is 292 g/mol. The highest BCUT2D eigenvalue weighted by molar-refractivity contribution is 5.59. The van der Waals surface area contributed by atoms with Gasteiger partial charge >= 0.3 is 0 Å². The Hall–Kier alpha value is -1.36. The maximum atomic E-state index is 9.43. The van der Waals surface area contributed by atoms with Crippen LogP contribution in [0.25, 0.3) is 0 Å². The molecule has 1 aliphatic carbocycles. The summed E-state index contributed by atoms with van der Waals surface area (Å²) in [6, 6.07) is 0. The van der Waals surface area contributed by atoms with Gasteiger partial charge in [0, 0.05) is 25.3 Å². The lowest BCUT2D eigenvalue weighted by Gasteiger charge is -2.21. The zero-order chi connectivity index (χ0) is 15.2. The van der Waals surface area contributed by atoms with Crippen LogP contribution in [0.3, 0.4) is 0 Å². The highest BCUT2D eigenvalue weighted by atomic mass is 16.3. The van der Waals surface area contributed by atoms with Crippen molar-refractivity contribution in [2.24, 2.45) is 11.8 Å². The molecule has 21 heavy (non-hydrogen) atoms. The molecule has 5 nitrogen and oxygen atoms in total. The summed E-state index contributed by atoms with van der Waals surface area (Å²) >= 11 is 0. The van der Waals surface area contributed by atoms with Crippen LogP contribution in [0.1, 0.15) is 51.5 Å². The molecular formula is C16H28N4O. The molecule has 1 fully saturated rings. The van der Waals surface area contributed by atoms with Crippen molar-refractivity contribution in [3.05, 3.63) is 11.9 Å². The molecule has 2 atom stereocenters. The SMILES string of the molecule is CCNc1ncnc(NCC2CCCC2CO)c1C(C)C. The molecule has 0 saturated heterocycles. The fraction of sp³-hybridized carbons (Fsp3) is 0.750. The normalized spacial score (nSPS) is 21.8. The van der Waals surface area contributed by atoms with E-state index in [2.05, 4.69) is 41.4 Å². The fourth-order valence-electron chi connectivity index (χ4n) is 3.24. The molecule has 0 radical (unpaired) electrons. The van der Waals surface area contributed by atoms with E-state index in [1.54, 1.807) is 6.33 Å². The van der Waals surface area contributed by atoms with E-state index in [0.29, 0.717) is 24.4 Å². The molecule has 2 rings (SSSR count). The number of hydrogen-bond acceptors (Lipinski definition) is 5. The van der Waals surface area contributed by atoms with Crippen LogP contribution in [0.15, 0.2) is 6.33 Å². The summed E-state index contributed by atoms with van der Waals surface area (Å²) in [5.74, 6) is 3.21. The maximum absolute atomic E-state index is 9.43. The third kappa shape index (κ3) is 3.84. The second-order valence-corrected chi connectivity index (χ2v) is 6.18. The summed E-state index contributed by atoms with van der Waals surface area (Å²) in [4.78, 5) is 8.79. The molecular weight excluding hydrogens is 264 g/mol. The number of rotatable bonds is 7. The lowest BCUT2D eigenvalue weighted by Crippen LogP contribution is -2.22. The van der Waals surface area contributed by atoms with Gasteiger partial charge < -0.3 is 15.7 Å². The predicted octanol–water partition coefficient (Wildman–Crippen LogP) is 2.85. The highest BCUT2D eigenvalue weighted by Gasteiger charge is 2.26. The van der Waals surface area contributed by atoms with Crippen LogP contribution >= 0.6 is 0 Å². The van der Waals surface area contributed by atoms with Crippen molar-refractivity contribution in [2.75, 3.05) is 30.3 Å². The minimum atomic E-state index is 0.301. The summed E-state index contributed by atoms with van der Waals surface area (Å²) in [6.45, 7) is 8.44. The van der Waals surface area contributed by atoms with Crippen LogP contribution in [0.5, 0.6) is 0 Å². The fourth-order valence-corrected chi connectivity index (χ4v) is 3.24. The van der Waals surface area contributed by atoms with E-state index in [4.69, 9.17) is 0 Å². The van der Waals surface area contributed by atoms with Crippen LogP contribution in [0.2, 0.25) is 0 Å². The summed E-state index contributed by atoms with van der Waals surface area (Å²) in [6.07, 6.45) is 5.18. The lowest BCUT2D eigenvalue weighted by atomic mass is 9.96. The Kier molecular flexibility index (Phi) is 5.79. The van der Waals surface area contributed by atoms with Crippen molar-refractivity contribution in [1.29, 1.82) is 0 Å². The van der Waals surface area contributed by atoms with Crippen LogP contribution in [-0.2, 0) is 0 Å². The van der Waals surface area contributed by atoms with Gasteiger partial charge in [0.25, 0.3) is 0 Å². The van der Waals surface area contributed by atoms with Crippen molar-refractivity contribution >= 4 is 11.6 Å². The van der Waals surface area contributed by atoms with Crippen molar-refractivity contribution in [2.45, 2.75) is 46.0 Å². The molecule has 1 aromatic heterocycles. The van der Waals surface area contributed by atoms with Gasteiger partial charge in [-0.1, -0.05) is 20.3 Å². The van der Waals surface area contributed by atoms with Gasteiger partial charge in [0.2, 0.25) is 0 Å². The zero-order valence-electron chi connectivity index (χ0n) is 13.4.